The number of carbonyl (C=O) groups is 1. The Morgan fingerprint density at radius 1 is 1.27 bits per heavy atom. The van der Waals surface area contributed by atoms with Gasteiger partial charge < -0.3 is 5.32 Å². The zero-order valence-electron chi connectivity index (χ0n) is 16.8. The number of aromatic nitrogens is 3. The number of nitrogens with one attached hydrogen (secondary N) is 1. The van der Waals surface area contributed by atoms with E-state index in [2.05, 4.69) is 29.1 Å². The molecule has 4 rings (SSSR count). The third-order valence-electron chi connectivity index (χ3n) is 5.35. The monoisotopic (exact) mass is 424 g/mol. The van der Waals surface area contributed by atoms with Crippen molar-refractivity contribution in [2.75, 3.05) is 0 Å². The van der Waals surface area contributed by atoms with Gasteiger partial charge in [-0.3, -0.25) is 9.78 Å². The number of nitrogens with zero attached hydrogens (tertiary/aromatic N) is 3. The predicted octanol–water partition coefficient (Wildman–Crippen LogP) is 4.70. The van der Waals surface area contributed by atoms with Gasteiger partial charge in [-0.15, -0.1) is 0 Å². The molecule has 0 unspecified atom stereocenters. The summed E-state index contributed by atoms with van der Waals surface area (Å²) in [5, 5.41) is 3.29. The molecule has 2 aromatic heterocycles. The first-order chi connectivity index (χ1) is 14.3. The van der Waals surface area contributed by atoms with Gasteiger partial charge in [-0.05, 0) is 42.5 Å². The Balaban J connectivity index is 1.59. The largest absolute Gasteiger partial charge is 0.349 e. The van der Waals surface area contributed by atoms with Crippen LogP contribution < -0.4 is 5.32 Å². The molecule has 3 aromatic rings. The molecule has 1 amide bonds. The fraction of sp³-hybridized carbons (Fsp3) is 0.304. The average molecular weight is 425 g/mol. The summed E-state index contributed by atoms with van der Waals surface area (Å²) in [6, 6.07) is 7.91. The number of carbonyl (C=O) groups excluding carboxylic acids is 1. The first-order valence-corrected chi connectivity index (χ1v) is 10.2. The first-order valence-electron chi connectivity index (χ1n) is 9.81. The molecule has 0 aliphatic heterocycles. The molecule has 0 bridgehead atoms. The third-order valence-corrected chi connectivity index (χ3v) is 5.70. The van der Waals surface area contributed by atoms with Crippen molar-refractivity contribution in [1.29, 1.82) is 0 Å². The van der Waals surface area contributed by atoms with Gasteiger partial charge in [0.25, 0.3) is 0 Å². The highest BCUT2D eigenvalue weighted by Gasteiger charge is 2.34. The molecule has 7 heteroatoms. The van der Waals surface area contributed by atoms with Crippen LogP contribution in [0.25, 0.3) is 11.4 Å². The molecule has 1 aliphatic rings. The lowest BCUT2D eigenvalue weighted by molar-refractivity contribution is -0.121. The average Bonchev–Trinajstić information content (AvgIpc) is 2.70. The maximum atomic E-state index is 14.1. The van der Waals surface area contributed by atoms with Gasteiger partial charge in [-0.25, -0.2) is 14.4 Å². The number of amides is 1. The summed E-state index contributed by atoms with van der Waals surface area (Å²) in [6.07, 6.45) is 6.61. The predicted molar refractivity (Wildman–Crippen MR) is 113 cm³/mol. The molecule has 1 N–H and O–H groups in total. The highest BCUT2D eigenvalue weighted by atomic mass is 35.5. The molecule has 0 radical (unpaired) electrons. The lowest BCUT2D eigenvalue weighted by Gasteiger charge is -2.36. The summed E-state index contributed by atoms with van der Waals surface area (Å²) in [6.45, 7) is 4.30. The Bertz CT molecular complexity index is 1070. The fourth-order valence-electron chi connectivity index (χ4n) is 3.92. The summed E-state index contributed by atoms with van der Waals surface area (Å²) in [5.41, 5.74) is 2.87. The zero-order valence-corrected chi connectivity index (χ0v) is 17.6. The van der Waals surface area contributed by atoms with E-state index in [1.165, 1.54) is 12.1 Å². The SMILES string of the molecule is CC1(C)Cc2nc(-c3ccncc3)ncc2[C@H](NC(=O)Cc2c(F)cccc2Cl)C1. The summed E-state index contributed by atoms with van der Waals surface area (Å²) < 4.78 is 14.1. The van der Waals surface area contributed by atoms with E-state index < -0.39 is 5.82 Å². The molecule has 2 heterocycles. The van der Waals surface area contributed by atoms with Crippen LogP contribution in [0.3, 0.4) is 0 Å². The molecule has 0 spiro atoms. The number of halogens is 2. The summed E-state index contributed by atoms with van der Waals surface area (Å²) in [5.74, 6) is -0.127. The third kappa shape index (κ3) is 4.33. The molecule has 0 saturated carbocycles. The second-order valence-corrected chi connectivity index (χ2v) is 8.78. The van der Waals surface area contributed by atoms with E-state index in [-0.39, 0.29) is 34.4 Å². The van der Waals surface area contributed by atoms with Crippen molar-refractivity contribution >= 4 is 17.5 Å². The highest BCUT2D eigenvalue weighted by molar-refractivity contribution is 6.31. The summed E-state index contributed by atoms with van der Waals surface area (Å²) in [4.78, 5) is 26.0. The Morgan fingerprint density at radius 2 is 2.03 bits per heavy atom. The highest BCUT2D eigenvalue weighted by Crippen LogP contribution is 2.40. The molecule has 154 valence electrons. The van der Waals surface area contributed by atoms with E-state index in [1.807, 2.05) is 12.1 Å². The smallest absolute Gasteiger partial charge is 0.225 e. The molecule has 1 aromatic carbocycles. The van der Waals surface area contributed by atoms with Crippen molar-refractivity contribution < 1.29 is 9.18 Å². The Kier molecular flexibility index (Phi) is 5.52. The topological polar surface area (TPSA) is 67.8 Å². The van der Waals surface area contributed by atoms with Crippen LogP contribution in [0.15, 0.2) is 48.9 Å². The molecule has 0 fully saturated rings. The first kappa shape index (κ1) is 20.4. The lowest BCUT2D eigenvalue weighted by Crippen LogP contribution is -2.38. The van der Waals surface area contributed by atoms with Crippen molar-refractivity contribution in [1.82, 2.24) is 20.3 Å². The number of benzene rings is 1. The van der Waals surface area contributed by atoms with Crippen LogP contribution in [0.5, 0.6) is 0 Å². The van der Waals surface area contributed by atoms with Crippen molar-refractivity contribution in [3.05, 3.63) is 76.6 Å². The lowest BCUT2D eigenvalue weighted by atomic mass is 9.74. The van der Waals surface area contributed by atoms with Crippen LogP contribution in [0.1, 0.15) is 43.1 Å². The molecular weight excluding hydrogens is 403 g/mol. The van der Waals surface area contributed by atoms with E-state index in [0.717, 1.165) is 29.7 Å². The standard InChI is InChI=1S/C23H22ClFN4O/c1-23(2)11-19(28-21(30)10-15-17(24)4-3-5-18(15)25)16-13-27-22(29-20(16)12-23)14-6-8-26-9-7-14/h3-9,13,19H,10-12H2,1-2H3,(H,28,30)/t19-/m1/s1. The van der Waals surface area contributed by atoms with Crippen LogP contribution in [0.4, 0.5) is 4.39 Å². The van der Waals surface area contributed by atoms with Gasteiger partial charge in [-0.1, -0.05) is 31.5 Å². The molecule has 1 atom stereocenters. The van der Waals surface area contributed by atoms with Crippen LogP contribution in [0.2, 0.25) is 5.02 Å². The van der Waals surface area contributed by atoms with Gasteiger partial charge in [0, 0.05) is 40.3 Å². The summed E-state index contributed by atoms with van der Waals surface area (Å²) in [7, 11) is 0. The van der Waals surface area contributed by atoms with Gasteiger partial charge in [0.15, 0.2) is 5.82 Å². The van der Waals surface area contributed by atoms with Crippen molar-refractivity contribution in [3.63, 3.8) is 0 Å². The fourth-order valence-corrected chi connectivity index (χ4v) is 4.15. The van der Waals surface area contributed by atoms with Gasteiger partial charge >= 0.3 is 0 Å². The normalized spacial score (nSPS) is 17.3. The Labute approximate surface area is 179 Å². The van der Waals surface area contributed by atoms with Crippen LogP contribution >= 0.6 is 11.6 Å². The minimum Gasteiger partial charge on any atom is -0.349 e. The maximum Gasteiger partial charge on any atom is 0.225 e. The van der Waals surface area contributed by atoms with E-state index in [4.69, 9.17) is 16.6 Å². The molecule has 0 saturated heterocycles. The Hall–Kier alpha value is -2.86. The number of hydrogen-bond acceptors (Lipinski definition) is 4. The minimum absolute atomic E-state index is 0.0511. The minimum atomic E-state index is -0.479. The summed E-state index contributed by atoms with van der Waals surface area (Å²) >= 11 is 6.07. The van der Waals surface area contributed by atoms with Crippen LogP contribution in [-0.4, -0.2) is 20.9 Å². The maximum absolute atomic E-state index is 14.1. The molecule has 5 nitrogen and oxygen atoms in total. The second kappa shape index (κ2) is 8.11. The Morgan fingerprint density at radius 3 is 2.77 bits per heavy atom. The van der Waals surface area contributed by atoms with Crippen molar-refractivity contribution in [2.45, 2.75) is 39.2 Å². The molecule has 30 heavy (non-hydrogen) atoms. The van der Waals surface area contributed by atoms with Gasteiger partial charge in [-0.2, -0.15) is 0 Å². The molecule has 1 aliphatic carbocycles. The van der Waals surface area contributed by atoms with E-state index in [1.54, 1.807) is 24.7 Å². The molecular formula is C23H22ClFN4O. The zero-order chi connectivity index (χ0) is 21.3. The van der Waals surface area contributed by atoms with E-state index in [0.29, 0.717) is 5.82 Å². The van der Waals surface area contributed by atoms with Gasteiger partial charge in [0.2, 0.25) is 5.91 Å². The van der Waals surface area contributed by atoms with Gasteiger partial charge in [0.05, 0.1) is 18.2 Å². The van der Waals surface area contributed by atoms with Crippen LogP contribution in [-0.2, 0) is 17.6 Å². The number of pyridine rings is 1. The number of hydrogen-bond donors (Lipinski definition) is 1. The second-order valence-electron chi connectivity index (χ2n) is 8.37. The van der Waals surface area contributed by atoms with Gasteiger partial charge in [0.1, 0.15) is 5.82 Å². The van der Waals surface area contributed by atoms with Crippen molar-refractivity contribution in [2.24, 2.45) is 5.41 Å². The number of rotatable bonds is 4. The number of fused-ring (bicyclic) bond motifs is 1. The van der Waals surface area contributed by atoms with E-state index in [9.17, 15) is 9.18 Å². The van der Waals surface area contributed by atoms with E-state index >= 15 is 0 Å². The quantitative estimate of drug-likeness (QED) is 0.659. The van der Waals surface area contributed by atoms with Crippen LogP contribution in [0, 0.1) is 11.2 Å². The van der Waals surface area contributed by atoms with Crippen molar-refractivity contribution in [3.8, 4) is 11.4 Å².